The molecule has 1 unspecified atom stereocenters. The fraction of sp³-hybridized carbons (Fsp3) is 0.462. The number of hydrogen-bond donors (Lipinski definition) is 1. The lowest BCUT2D eigenvalue weighted by Gasteiger charge is -2.17. The Balaban J connectivity index is 2.80. The predicted octanol–water partition coefficient (Wildman–Crippen LogP) is 3.12. The molecule has 1 aromatic carbocycles. The number of nitrogens with one attached hydrogen (secondary N) is 1. The summed E-state index contributed by atoms with van der Waals surface area (Å²) in [6.45, 7) is 6.10. The number of benzene rings is 1. The Labute approximate surface area is 107 Å². The summed E-state index contributed by atoms with van der Waals surface area (Å²) in [5, 5.41) is 3.36. The Hall–Kier alpha value is -1.22. The van der Waals surface area contributed by atoms with Gasteiger partial charge in [-0.15, -0.1) is 0 Å². The zero-order valence-electron chi connectivity index (χ0n) is 10.6. The molecule has 1 N–H and O–H groups in total. The molecule has 0 bridgehead atoms. The van der Waals surface area contributed by atoms with Crippen LogP contribution in [0.4, 0.5) is 0 Å². The van der Waals surface area contributed by atoms with Crippen molar-refractivity contribution in [2.75, 3.05) is 7.11 Å². The first-order chi connectivity index (χ1) is 7.95. The van der Waals surface area contributed by atoms with Gasteiger partial charge in [-0.1, -0.05) is 25.4 Å². The molecule has 0 aliphatic carbocycles. The second kappa shape index (κ2) is 5.92. The SMILES string of the molecule is COc1ccc(C(=O)NC(C)C(C)C)cc1Cl. The minimum Gasteiger partial charge on any atom is -0.495 e. The molecule has 0 spiro atoms. The minimum absolute atomic E-state index is 0.115. The molecule has 0 saturated heterocycles. The van der Waals surface area contributed by atoms with E-state index in [0.717, 1.165) is 0 Å². The highest BCUT2D eigenvalue weighted by molar-refractivity contribution is 6.32. The van der Waals surface area contributed by atoms with Crippen molar-refractivity contribution < 1.29 is 9.53 Å². The fourth-order valence-electron chi connectivity index (χ4n) is 1.26. The Kier molecular flexibility index (Phi) is 4.82. The molecule has 0 fully saturated rings. The quantitative estimate of drug-likeness (QED) is 0.898. The van der Waals surface area contributed by atoms with E-state index in [4.69, 9.17) is 16.3 Å². The smallest absolute Gasteiger partial charge is 0.251 e. The average molecular weight is 256 g/mol. The van der Waals surface area contributed by atoms with E-state index in [9.17, 15) is 4.79 Å². The molecule has 3 nitrogen and oxygen atoms in total. The molecule has 0 aliphatic rings. The monoisotopic (exact) mass is 255 g/mol. The molecule has 17 heavy (non-hydrogen) atoms. The topological polar surface area (TPSA) is 38.3 Å². The molecule has 0 saturated carbocycles. The van der Waals surface area contributed by atoms with Gasteiger partial charge in [0.2, 0.25) is 0 Å². The van der Waals surface area contributed by atoms with Crippen LogP contribution in [0.1, 0.15) is 31.1 Å². The molecular weight excluding hydrogens is 238 g/mol. The van der Waals surface area contributed by atoms with Crippen molar-refractivity contribution in [2.24, 2.45) is 5.92 Å². The van der Waals surface area contributed by atoms with Gasteiger partial charge in [0.15, 0.2) is 0 Å². The molecule has 1 aromatic rings. The van der Waals surface area contributed by atoms with Crippen LogP contribution in [0.25, 0.3) is 0 Å². The molecule has 0 aliphatic heterocycles. The first-order valence-electron chi connectivity index (χ1n) is 5.60. The zero-order valence-corrected chi connectivity index (χ0v) is 11.3. The summed E-state index contributed by atoms with van der Waals surface area (Å²) in [6.07, 6.45) is 0. The Morgan fingerprint density at radius 1 is 1.35 bits per heavy atom. The van der Waals surface area contributed by atoms with E-state index < -0.39 is 0 Å². The summed E-state index contributed by atoms with van der Waals surface area (Å²) >= 11 is 5.97. The lowest BCUT2D eigenvalue weighted by atomic mass is 10.1. The first-order valence-corrected chi connectivity index (χ1v) is 5.98. The van der Waals surface area contributed by atoms with E-state index in [1.165, 1.54) is 0 Å². The van der Waals surface area contributed by atoms with Gasteiger partial charge in [-0.2, -0.15) is 0 Å². The summed E-state index contributed by atoms with van der Waals surface area (Å²) in [6, 6.07) is 5.14. The number of amides is 1. The van der Waals surface area contributed by atoms with Crippen LogP contribution in [0.15, 0.2) is 18.2 Å². The second-order valence-corrected chi connectivity index (χ2v) is 4.76. The van der Waals surface area contributed by atoms with E-state index in [2.05, 4.69) is 19.2 Å². The van der Waals surface area contributed by atoms with Gasteiger partial charge in [0.1, 0.15) is 5.75 Å². The van der Waals surface area contributed by atoms with Crippen molar-refractivity contribution in [3.8, 4) is 5.75 Å². The van der Waals surface area contributed by atoms with Gasteiger partial charge >= 0.3 is 0 Å². The third kappa shape index (κ3) is 3.63. The van der Waals surface area contributed by atoms with Crippen LogP contribution in [-0.2, 0) is 0 Å². The standard InChI is InChI=1S/C13H18ClNO2/c1-8(2)9(3)15-13(16)10-5-6-12(17-4)11(14)7-10/h5-9H,1-4H3,(H,15,16). The highest BCUT2D eigenvalue weighted by Gasteiger charge is 2.13. The van der Waals surface area contributed by atoms with Gasteiger partial charge in [-0.3, -0.25) is 4.79 Å². The molecule has 4 heteroatoms. The first kappa shape index (κ1) is 13.8. The van der Waals surface area contributed by atoms with Gasteiger partial charge in [-0.05, 0) is 31.0 Å². The van der Waals surface area contributed by atoms with Crippen molar-refractivity contribution in [2.45, 2.75) is 26.8 Å². The summed E-state index contributed by atoms with van der Waals surface area (Å²) < 4.78 is 5.04. The number of hydrogen-bond acceptors (Lipinski definition) is 2. The number of carbonyl (C=O) groups is 1. The Morgan fingerprint density at radius 3 is 2.47 bits per heavy atom. The average Bonchev–Trinajstić information content (AvgIpc) is 2.28. The van der Waals surface area contributed by atoms with Crippen LogP contribution in [0.5, 0.6) is 5.75 Å². The van der Waals surface area contributed by atoms with E-state index in [1.807, 2.05) is 6.92 Å². The number of rotatable bonds is 4. The van der Waals surface area contributed by atoms with Crippen molar-refractivity contribution in [3.63, 3.8) is 0 Å². The summed E-state index contributed by atoms with van der Waals surface area (Å²) in [5.74, 6) is 0.851. The Bertz CT molecular complexity index is 404. The molecule has 0 aromatic heterocycles. The Morgan fingerprint density at radius 2 is 2.00 bits per heavy atom. The van der Waals surface area contributed by atoms with Crippen molar-refractivity contribution in [1.29, 1.82) is 0 Å². The lowest BCUT2D eigenvalue weighted by Crippen LogP contribution is -2.36. The van der Waals surface area contributed by atoms with Crippen LogP contribution in [0, 0.1) is 5.92 Å². The van der Waals surface area contributed by atoms with Crippen LogP contribution >= 0.6 is 11.6 Å². The predicted molar refractivity (Wildman–Crippen MR) is 69.8 cm³/mol. The van der Waals surface area contributed by atoms with Crippen LogP contribution < -0.4 is 10.1 Å². The van der Waals surface area contributed by atoms with Crippen LogP contribution in [0.3, 0.4) is 0 Å². The van der Waals surface area contributed by atoms with Crippen molar-refractivity contribution in [3.05, 3.63) is 28.8 Å². The highest BCUT2D eigenvalue weighted by Crippen LogP contribution is 2.24. The molecule has 1 amide bonds. The zero-order chi connectivity index (χ0) is 13.0. The molecule has 94 valence electrons. The molecule has 1 rings (SSSR count). The van der Waals surface area contributed by atoms with E-state index >= 15 is 0 Å². The number of methoxy groups -OCH3 is 1. The van der Waals surface area contributed by atoms with E-state index in [-0.39, 0.29) is 11.9 Å². The van der Waals surface area contributed by atoms with E-state index in [0.29, 0.717) is 22.3 Å². The maximum absolute atomic E-state index is 11.9. The van der Waals surface area contributed by atoms with Gasteiger partial charge in [-0.25, -0.2) is 0 Å². The number of ether oxygens (including phenoxy) is 1. The summed E-state index contributed by atoms with van der Waals surface area (Å²) in [4.78, 5) is 11.9. The maximum atomic E-state index is 11.9. The van der Waals surface area contributed by atoms with Gasteiger partial charge in [0, 0.05) is 11.6 Å². The summed E-state index contributed by atoms with van der Waals surface area (Å²) in [5.41, 5.74) is 0.545. The second-order valence-electron chi connectivity index (χ2n) is 4.36. The van der Waals surface area contributed by atoms with Crippen LogP contribution in [-0.4, -0.2) is 19.1 Å². The minimum atomic E-state index is -0.115. The van der Waals surface area contributed by atoms with Crippen LogP contribution in [0.2, 0.25) is 5.02 Å². The molecule has 0 radical (unpaired) electrons. The number of carbonyl (C=O) groups excluding carboxylic acids is 1. The highest BCUT2D eigenvalue weighted by atomic mass is 35.5. The summed E-state index contributed by atoms with van der Waals surface area (Å²) in [7, 11) is 1.54. The van der Waals surface area contributed by atoms with E-state index in [1.54, 1.807) is 25.3 Å². The molecular formula is C13H18ClNO2. The lowest BCUT2D eigenvalue weighted by molar-refractivity contribution is 0.0930. The molecule has 1 atom stereocenters. The third-order valence-corrected chi connectivity index (χ3v) is 3.07. The molecule has 0 heterocycles. The van der Waals surface area contributed by atoms with Crippen molar-refractivity contribution in [1.82, 2.24) is 5.32 Å². The third-order valence-electron chi connectivity index (χ3n) is 2.77. The maximum Gasteiger partial charge on any atom is 0.251 e. The van der Waals surface area contributed by atoms with Crippen molar-refractivity contribution >= 4 is 17.5 Å². The number of halogens is 1. The fourth-order valence-corrected chi connectivity index (χ4v) is 1.52. The normalized spacial score (nSPS) is 12.4. The largest absolute Gasteiger partial charge is 0.495 e. The van der Waals surface area contributed by atoms with Gasteiger partial charge < -0.3 is 10.1 Å². The van der Waals surface area contributed by atoms with Gasteiger partial charge in [0.25, 0.3) is 5.91 Å². The van der Waals surface area contributed by atoms with Gasteiger partial charge in [0.05, 0.1) is 12.1 Å².